The Morgan fingerprint density at radius 3 is 2.68 bits per heavy atom. The SMILES string of the molecule is CSCCCCNS(=O)(=O)c1cc(N)c(F)cc1C. The monoisotopic (exact) mass is 306 g/mol. The number of hydrogen-bond donors (Lipinski definition) is 2. The normalized spacial score (nSPS) is 11.7. The Morgan fingerprint density at radius 1 is 1.37 bits per heavy atom. The van der Waals surface area contributed by atoms with Crippen molar-refractivity contribution >= 4 is 27.5 Å². The van der Waals surface area contributed by atoms with Gasteiger partial charge in [-0.1, -0.05) is 0 Å². The van der Waals surface area contributed by atoms with Crippen molar-refractivity contribution in [3.05, 3.63) is 23.5 Å². The van der Waals surface area contributed by atoms with Crippen LogP contribution in [0.4, 0.5) is 10.1 Å². The summed E-state index contributed by atoms with van der Waals surface area (Å²) in [7, 11) is -3.62. The lowest BCUT2D eigenvalue weighted by Gasteiger charge is -2.10. The lowest BCUT2D eigenvalue weighted by molar-refractivity contribution is 0.577. The van der Waals surface area contributed by atoms with E-state index in [0.29, 0.717) is 12.1 Å². The minimum atomic E-state index is -3.62. The molecule has 1 aromatic rings. The van der Waals surface area contributed by atoms with Gasteiger partial charge in [0.1, 0.15) is 5.82 Å². The fourth-order valence-corrected chi connectivity index (χ4v) is 3.44. The summed E-state index contributed by atoms with van der Waals surface area (Å²) in [5.41, 5.74) is 5.60. The first-order valence-corrected chi connectivity index (χ1v) is 8.80. The highest BCUT2D eigenvalue weighted by molar-refractivity contribution is 7.98. The minimum absolute atomic E-state index is 0.0382. The molecule has 108 valence electrons. The summed E-state index contributed by atoms with van der Waals surface area (Å²) in [4.78, 5) is 0.0382. The van der Waals surface area contributed by atoms with Crippen LogP contribution >= 0.6 is 11.8 Å². The molecule has 4 nitrogen and oxygen atoms in total. The Bertz CT molecular complexity index is 533. The number of halogens is 1. The molecule has 0 aliphatic heterocycles. The number of aryl methyl sites for hydroxylation is 1. The number of nitrogen functional groups attached to an aromatic ring is 1. The molecular weight excluding hydrogens is 287 g/mol. The Labute approximate surface area is 118 Å². The Balaban J connectivity index is 2.75. The molecule has 1 aromatic carbocycles. The lowest BCUT2D eigenvalue weighted by Crippen LogP contribution is -2.25. The van der Waals surface area contributed by atoms with Crippen molar-refractivity contribution in [2.75, 3.05) is 24.3 Å². The van der Waals surface area contributed by atoms with Gasteiger partial charge >= 0.3 is 0 Å². The first-order valence-electron chi connectivity index (χ1n) is 5.92. The Hall–Kier alpha value is -0.790. The molecule has 0 fully saturated rings. The predicted molar refractivity (Wildman–Crippen MR) is 78.4 cm³/mol. The van der Waals surface area contributed by atoms with Crippen LogP contribution in [0.15, 0.2) is 17.0 Å². The molecule has 1 rings (SSSR count). The van der Waals surface area contributed by atoms with Crippen LogP contribution in [-0.4, -0.2) is 27.0 Å². The zero-order valence-electron chi connectivity index (χ0n) is 11.1. The average Bonchev–Trinajstić information content (AvgIpc) is 2.33. The second-order valence-electron chi connectivity index (χ2n) is 4.24. The van der Waals surface area contributed by atoms with E-state index in [2.05, 4.69) is 4.72 Å². The number of anilines is 1. The van der Waals surface area contributed by atoms with Gasteiger partial charge in [0, 0.05) is 6.54 Å². The van der Waals surface area contributed by atoms with Gasteiger partial charge in [0.25, 0.3) is 0 Å². The van der Waals surface area contributed by atoms with Crippen LogP contribution in [-0.2, 0) is 10.0 Å². The van der Waals surface area contributed by atoms with Crippen molar-refractivity contribution in [2.45, 2.75) is 24.7 Å². The first-order chi connectivity index (χ1) is 8.88. The highest BCUT2D eigenvalue weighted by atomic mass is 32.2. The third-order valence-corrected chi connectivity index (χ3v) is 4.95. The maximum absolute atomic E-state index is 13.2. The van der Waals surface area contributed by atoms with E-state index in [1.54, 1.807) is 18.7 Å². The van der Waals surface area contributed by atoms with Crippen molar-refractivity contribution < 1.29 is 12.8 Å². The molecule has 0 atom stereocenters. The van der Waals surface area contributed by atoms with E-state index in [1.165, 1.54) is 0 Å². The van der Waals surface area contributed by atoms with Gasteiger partial charge in [-0.2, -0.15) is 11.8 Å². The largest absolute Gasteiger partial charge is 0.396 e. The number of nitrogens with two attached hydrogens (primary N) is 1. The standard InChI is InChI=1S/C12H19FN2O2S2/c1-9-7-10(13)11(14)8-12(9)19(16,17)15-5-3-4-6-18-2/h7-8,15H,3-6,14H2,1-2H3. The second kappa shape index (κ2) is 7.12. The number of hydrogen-bond acceptors (Lipinski definition) is 4. The van der Waals surface area contributed by atoms with E-state index in [-0.39, 0.29) is 10.6 Å². The highest BCUT2D eigenvalue weighted by Gasteiger charge is 2.18. The number of benzene rings is 1. The zero-order valence-corrected chi connectivity index (χ0v) is 12.7. The quantitative estimate of drug-likeness (QED) is 0.598. The topological polar surface area (TPSA) is 72.2 Å². The number of unbranched alkanes of at least 4 members (excludes halogenated alkanes) is 1. The number of nitrogens with one attached hydrogen (secondary N) is 1. The molecule has 0 spiro atoms. The van der Waals surface area contributed by atoms with Gasteiger partial charge in [0.15, 0.2) is 0 Å². The molecule has 0 saturated heterocycles. The summed E-state index contributed by atoms with van der Waals surface area (Å²) < 4.78 is 39.8. The molecule has 19 heavy (non-hydrogen) atoms. The smallest absolute Gasteiger partial charge is 0.240 e. The zero-order chi connectivity index (χ0) is 14.5. The molecule has 0 unspecified atom stereocenters. The van der Waals surface area contributed by atoms with Crippen LogP contribution in [0, 0.1) is 12.7 Å². The summed E-state index contributed by atoms with van der Waals surface area (Å²) in [5.74, 6) is 0.404. The van der Waals surface area contributed by atoms with E-state index in [0.717, 1.165) is 30.7 Å². The van der Waals surface area contributed by atoms with E-state index in [1.807, 2.05) is 6.26 Å². The predicted octanol–water partition coefficient (Wildman–Crippen LogP) is 2.14. The molecule has 0 aliphatic carbocycles. The van der Waals surface area contributed by atoms with Crippen LogP contribution in [0.5, 0.6) is 0 Å². The summed E-state index contributed by atoms with van der Waals surface area (Å²) in [5, 5.41) is 0. The van der Waals surface area contributed by atoms with E-state index in [4.69, 9.17) is 5.73 Å². The number of thioether (sulfide) groups is 1. The highest BCUT2D eigenvalue weighted by Crippen LogP contribution is 2.21. The van der Waals surface area contributed by atoms with Crippen molar-refractivity contribution in [1.82, 2.24) is 4.72 Å². The van der Waals surface area contributed by atoms with E-state index in [9.17, 15) is 12.8 Å². The molecular formula is C12H19FN2O2S2. The van der Waals surface area contributed by atoms with Crippen molar-refractivity contribution in [3.8, 4) is 0 Å². The molecule has 0 bridgehead atoms. The molecule has 0 aliphatic rings. The molecule has 0 saturated carbocycles. The van der Waals surface area contributed by atoms with Crippen LogP contribution < -0.4 is 10.5 Å². The maximum atomic E-state index is 13.2. The second-order valence-corrected chi connectivity index (χ2v) is 6.96. The van der Waals surface area contributed by atoms with Crippen LogP contribution in [0.2, 0.25) is 0 Å². The average molecular weight is 306 g/mol. The van der Waals surface area contributed by atoms with Gasteiger partial charge < -0.3 is 5.73 Å². The third-order valence-electron chi connectivity index (χ3n) is 2.65. The fourth-order valence-electron chi connectivity index (χ4n) is 1.61. The van der Waals surface area contributed by atoms with Crippen LogP contribution in [0.3, 0.4) is 0 Å². The minimum Gasteiger partial charge on any atom is -0.396 e. The fraction of sp³-hybridized carbons (Fsp3) is 0.500. The van der Waals surface area contributed by atoms with Gasteiger partial charge in [-0.3, -0.25) is 0 Å². The molecule has 0 heterocycles. The Kier molecular flexibility index (Phi) is 6.09. The third kappa shape index (κ3) is 4.67. The number of rotatable bonds is 7. The lowest BCUT2D eigenvalue weighted by atomic mass is 10.2. The van der Waals surface area contributed by atoms with Gasteiger partial charge in [0.05, 0.1) is 10.6 Å². The van der Waals surface area contributed by atoms with Crippen molar-refractivity contribution in [3.63, 3.8) is 0 Å². The van der Waals surface area contributed by atoms with Crippen molar-refractivity contribution in [1.29, 1.82) is 0 Å². The van der Waals surface area contributed by atoms with Gasteiger partial charge in [0.2, 0.25) is 10.0 Å². The molecule has 0 amide bonds. The molecule has 3 N–H and O–H groups in total. The van der Waals surface area contributed by atoms with Gasteiger partial charge in [-0.05, 0) is 49.5 Å². The molecule has 0 radical (unpaired) electrons. The van der Waals surface area contributed by atoms with E-state index < -0.39 is 15.8 Å². The van der Waals surface area contributed by atoms with Gasteiger partial charge in [-0.25, -0.2) is 17.5 Å². The maximum Gasteiger partial charge on any atom is 0.240 e. The van der Waals surface area contributed by atoms with Crippen molar-refractivity contribution in [2.24, 2.45) is 0 Å². The van der Waals surface area contributed by atoms with Gasteiger partial charge in [-0.15, -0.1) is 0 Å². The van der Waals surface area contributed by atoms with Crippen LogP contribution in [0.25, 0.3) is 0 Å². The summed E-state index contributed by atoms with van der Waals surface area (Å²) in [6, 6.07) is 2.30. The summed E-state index contributed by atoms with van der Waals surface area (Å²) in [6.07, 6.45) is 3.73. The number of sulfonamides is 1. The summed E-state index contributed by atoms with van der Waals surface area (Å²) in [6.45, 7) is 1.92. The van der Waals surface area contributed by atoms with Crippen LogP contribution in [0.1, 0.15) is 18.4 Å². The first kappa shape index (κ1) is 16.3. The molecule has 7 heteroatoms. The summed E-state index contributed by atoms with van der Waals surface area (Å²) >= 11 is 1.73. The Morgan fingerprint density at radius 2 is 2.05 bits per heavy atom. The van der Waals surface area contributed by atoms with E-state index >= 15 is 0 Å². The molecule has 0 aromatic heterocycles.